The van der Waals surface area contributed by atoms with Crippen molar-refractivity contribution in [3.05, 3.63) is 18.1 Å². The van der Waals surface area contributed by atoms with Gasteiger partial charge in [-0.25, -0.2) is 9.97 Å². The number of anilines is 1. The fourth-order valence-corrected chi connectivity index (χ4v) is 1.76. The predicted molar refractivity (Wildman–Crippen MR) is 60.4 cm³/mol. The van der Waals surface area contributed by atoms with E-state index in [9.17, 15) is 0 Å². The van der Waals surface area contributed by atoms with Gasteiger partial charge in [-0.05, 0) is 0 Å². The molecule has 1 aliphatic heterocycles. The number of methoxy groups -OCH3 is 1. The summed E-state index contributed by atoms with van der Waals surface area (Å²) in [4.78, 5) is 8.02. The van der Waals surface area contributed by atoms with Gasteiger partial charge in [-0.2, -0.15) is 5.26 Å². The Morgan fingerprint density at radius 1 is 1.59 bits per heavy atom. The van der Waals surface area contributed by atoms with Gasteiger partial charge in [0.25, 0.3) is 0 Å². The molecule has 1 atom stereocenters. The molecule has 0 saturated carbocycles. The fourth-order valence-electron chi connectivity index (χ4n) is 1.76. The van der Waals surface area contributed by atoms with E-state index < -0.39 is 0 Å². The molecule has 1 N–H and O–H groups in total. The predicted octanol–water partition coefficient (Wildman–Crippen LogP) is 0.566. The van der Waals surface area contributed by atoms with E-state index in [4.69, 9.17) is 14.7 Å². The third-order valence-electron chi connectivity index (χ3n) is 2.88. The molecular formula is C11H14N4O2. The Bertz CT molecular complexity index is 424. The number of nitrogens with one attached hydrogen (secondary N) is 1. The van der Waals surface area contributed by atoms with E-state index in [1.54, 1.807) is 13.3 Å². The lowest BCUT2D eigenvalue weighted by Gasteiger charge is -2.26. The lowest BCUT2D eigenvalue weighted by molar-refractivity contribution is -0.00626. The van der Waals surface area contributed by atoms with Crippen LogP contribution >= 0.6 is 0 Å². The van der Waals surface area contributed by atoms with E-state index in [0.717, 1.165) is 6.42 Å². The molecule has 2 heterocycles. The molecule has 0 radical (unpaired) electrons. The maximum absolute atomic E-state index is 8.88. The summed E-state index contributed by atoms with van der Waals surface area (Å²) in [5, 5.41) is 12.0. The lowest BCUT2D eigenvalue weighted by Crippen LogP contribution is -2.39. The maximum atomic E-state index is 8.88. The van der Waals surface area contributed by atoms with Crippen LogP contribution in [0.1, 0.15) is 12.1 Å². The first-order valence-electron chi connectivity index (χ1n) is 5.37. The second-order valence-electron chi connectivity index (χ2n) is 3.91. The van der Waals surface area contributed by atoms with Crippen molar-refractivity contribution >= 4 is 5.82 Å². The van der Waals surface area contributed by atoms with Gasteiger partial charge in [-0.3, -0.25) is 0 Å². The number of nitriles is 1. The lowest BCUT2D eigenvalue weighted by atomic mass is 10.0. The van der Waals surface area contributed by atoms with Gasteiger partial charge in [-0.1, -0.05) is 0 Å². The van der Waals surface area contributed by atoms with Crippen LogP contribution in [-0.4, -0.2) is 42.4 Å². The first-order chi connectivity index (χ1) is 8.29. The molecule has 17 heavy (non-hydrogen) atoms. The molecule has 6 nitrogen and oxygen atoms in total. The van der Waals surface area contributed by atoms with Gasteiger partial charge in [-0.15, -0.1) is 0 Å². The minimum atomic E-state index is -0.329. The first kappa shape index (κ1) is 11.8. The molecule has 1 aromatic heterocycles. The van der Waals surface area contributed by atoms with Crippen LogP contribution in [0.2, 0.25) is 0 Å². The van der Waals surface area contributed by atoms with Gasteiger partial charge >= 0.3 is 0 Å². The van der Waals surface area contributed by atoms with Crippen molar-refractivity contribution < 1.29 is 9.47 Å². The molecular weight excluding hydrogens is 220 g/mol. The van der Waals surface area contributed by atoms with Crippen LogP contribution in [0.25, 0.3) is 0 Å². The van der Waals surface area contributed by atoms with Crippen molar-refractivity contribution in [2.24, 2.45) is 0 Å². The summed E-state index contributed by atoms with van der Waals surface area (Å²) < 4.78 is 10.8. The van der Waals surface area contributed by atoms with E-state index >= 15 is 0 Å². The highest BCUT2D eigenvalue weighted by molar-refractivity contribution is 5.46. The first-order valence-corrected chi connectivity index (χ1v) is 5.37. The maximum Gasteiger partial charge on any atom is 0.182 e. The quantitative estimate of drug-likeness (QED) is 0.820. The summed E-state index contributed by atoms with van der Waals surface area (Å²) in [7, 11) is 1.66. The zero-order valence-electron chi connectivity index (χ0n) is 9.64. The molecule has 1 saturated heterocycles. The van der Waals surface area contributed by atoms with Gasteiger partial charge in [0.1, 0.15) is 11.7 Å². The topological polar surface area (TPSA) is 80.1 Å². The molecule has 1 unspecified atom stereocenters. The van der Waals surface area contributed by atoms with Gasteiger partial charge in [0, 0.05) is 39.1 Å². The van der Waals surface area contributed by atoms with Crippen molar-refractivity contribution in [3.63, 3.8) is 0 Å². The molecule has 1 aliphatic rings. The third kappa shape index (κ3) is 2.52. The Kier molecular flexibility index (Phi) is 3.52. The molecule has 90 valence electrons. The molecule has 0 aliphatic carbocycles. The minimum absolute atomic E-state index is 0.290. The van der Waals surface area contributed by atoms with Crippen molar-refractivity contribution in [1.29, 1.82) is 5.26 Å². The van der Waals surface area contributed by atoms with Crippen molar-refractivity contribution in [2.45, 2.75) is 12.0 Å². The van der Waals surface area contributed by atoms with Crippen LogP contribution in [0.4, 0.5) is 5.82 Å². The highest BCUT2D eigenvalue weighted by Gasteiger charge is 2.34. The number of aromatic nitrogens is 2. The largest absolute Gasteiger partial charge is 0.378 e. The summed E-state index contributed by atoms with van der Waals surface area (Å²) >= 11 is 0. The van der Waals surface area contributed by atoms with Gasteiger partial charge < -0.3 is 14.8 Å². The minimum Gasteiger partial charge on any atom is -0.378 e. The Labute approximate surface area is 99.6 Å². The smallest absolute Gasteiger partial charge is 0.182 e. The molecule has 1 aromatic rings. The summed E-state index contributed by atoms with van der Waals surface area (Å²) in [5.41, 5.74) is -0.0396. The van der Waals surface area contributed by atoms with Crippen LogP contribution in [0.5, 0.6) is 0 Å². The standard InChI is InChI=1S/C11H14N4O2/c1-16-11(2-5-17-8-11)7-15-10-9(6-12)13-3-4-14-10/h3-4H,2,5,7-8H2,1H3,(H,14,15). The highest BCUT2D eigenvalue weighted by Crippen LogP contribution is 2.23. The Morgan fingerprint density at radius 3 is 3.06 bits per heavy atom. The van der Waals surface area contributed by atoms with Crippen molar-refractivity contribution in [1.82, 2.24) is 9.97 Å². The Balaban J connectivity index is 2.04. The van der Waals surface area contributed by atoms with Crippen LogP contribution in [0.15, 0.2) is 12.4 Å². The number of ether oxygens (including phenoxy) is 2. The molecule has 0 spiro atoms. The molecule has 6 heteroatoms. The molecule has 0 amide bonds. The van der Waals surface area contributed by atoms with E-state index in [1.165, 1.54) is 6.20 Å². The van der Waals surface area contributed by atoms with Crippen molar-refractivity contribution in [2.75, 3.05) is 32.2 Å². The second kappa shape index (κ2) is 5.08. The average molecular weight is 234 g/mol. The normalized spacial score (nSPS) is 23.3. The van der Waals surface area contributed by atoms with Gasteiger partial charge in [0.05, 0.1) is 6.61 Å². The van der Waals surface area contributed by atoms with Crippen LogP contribution in [0.3, 0.4) is 0 Å². The fraction of sp³-hybridized carbons (Fsp3) is 0.545. The van der Waals surface area contributed by atoms with Crippen LogP contribution < -0.4 is 5.32 Å². The molecule has 1 fully saturated rings. The Morgan fingerprint density at radius 2 is 2.41 bits per heavy atom. The zero-order valence-corrected chi connectivity index (χ0v) is 9.64. The monoisotopic (exact) mass is 234 g/mol. The second-order valence-corrected chi connectivity index (χ2v) is 3.91. The summed E-state index contributed by atoms with van der Waals surface area (Å²) in [6, 6.07) is 1.99. The van der Waals surface area contributed by atoms with E-state index in [1.807, 2.05) is 6.07 Å². The summed E-state index contributed by atoms with van der Waals surface area (Å²) in [6.45, 7) is 1.80. The average Bonchev–Trinajstić information content (AvgIpc) is 2.86. The molecule has 2 rings (SSSR count). The Hall–Kier alpha value is -1.71. The van der Waals surface area contributed by atoms with E-state index in [0.29, 0.717) is 25.6 Å². The zero-order chi connectivity index (χ0) is 12.1. The number of rotatable bonds is 4. The number of hydrogen-bond acceptors (Lipinski definition) is 6. The SMILES string of the molecule is COC1(CNc2nccnc2C#N)CCOC1. The molecule has 0 bridgehead atoms. The highest BCUT2D eigenvalue weighted by atomic mass is 16.5. The number of nitrogens with zero attached hydrogens (tertiary/aromatic N) is 3. The summed E-state index contributed by atoms with van der Waals surface area (Å²) in [6.07, 6.45) is 3.88. The van der Waals surface area contributed by atoms with E-state index in [-0.39, 0.29) is 11.3 Å². The summed E-state index contributed by atoms with van der Waals surface area (Å²) in [5.74, 6) is 0.485. The third-order valence-corrected chi connectivity index (χ3v) is 2.88. The van der Waals surface area contributed by atoms with Crippen LogP contribution in [-0.2, 0) is 9.47 Å². The number of hydrogen-bond donors (Lipinski definition) is 1. The van der Waals surface area contributed by atoms with Gasteiger partial charge in [0.2, 0.25) is 0 Å². The van der Waals surface area contributed by atoms with Gasteiger partial charge in [0.15, 0.2) is 11.5 Å². The molecule has 0 aromatic carbocycles. The van der Waals surface area contributed by atoms with Crippen molar-refractivity contribution in [3.8, 4) is 6.07 Å². The van der Waals surface area contributed by atoms with Crippen LogP contribution in [0, 0.1) is 11.3 Å². The van der Waals surface area contributed by atoms with E-state index in [2.05, 4.69) is 15.3 Å².